The number of hydrogen-bond acceptors (Lipinski definition) is 4. The highest BCUT2D eigenvalue weighted by Crippen LogP contribution is 2.39. The first-order valence-corrected chi connectivity index (χ1v) is 11.7. The molecular formula is C26H26N2O3S. The molecule has 1 unspecified atom stereocenters. The zero-order valence-corrected chi connectivity index (χ0v) is 18.8. The van der Waals surface area contributed by atoms with Gasteiger partial charge in [0, 0.05) is 18.7 Å². The quantitative estimate of drug-likeness (QED) is 0.541. The molecule has 3 aromatic rings. The van der Waals surface area contributed by atoms with Crippen LogP contribution < -0.4 is 10.1 Å². The minimum atomic E-state index is -0.130. The number of ether oxygens (including phenoxy) is 1. The Kier molecular flexibility index (Phi) is 7.12. The summed E-state index contributed by atoms with van der Waals surface area (Å²) in [4.78, 5) is 27.0. The molecule has 0 radical (unpaired) electrons. The van der Waals surface area contributed by atoms with Crippen molar-refractivity contribution >= 4 is 23.6 Å². The van der Waals surface area contributed by atoms with Crippen LogP contribution in [0, 0.1) is 0 Å². The summed E-state index contributed by atoms with van der Waals surface area (Å²) in [5.41, 5.74) is 3.72. The van der Waals surface area contributed by atoms with Gasteiger partial charge in [-0.05, 0) is 47.9 Å². The van der Waals surface area contributed by atoms with E-state index < -0.39 is 0 Å². The van der Waals surface area contributed by atoms with E-state index in [9.17, 15) is 9.59 Å². The molecule has 6 heteroatoms. The van der Waals surface area contributed by atoms with Crippen LogP contribution in [-0.2, 0) is 17.9 Å². The molecule has 0 bridgehead atoms. The summed E-state index contributed by atoms with van der Waals surface area (Å²) >= 11 is 1.62. The Labute approximate surface area is 192 Å². The monoisotopic (exact) mass is 446 g/mol. The second-order valence-corrected chi connectivity index (χ2v) is 8.62. The Morgan fingerprint density at radius 2 is 1.78 bits per heavy atom. The van der Waals surface area contributed by atoms with Gasteiger partial charge < -0.3 is 15.0 Å². The zero-order chi connectivity index (χ0) is 22.3. The maximum atomic E-state index is 12.6. The van der Waals surface area contributed by atoms with Gasteiger partial charge in [0.15, 0.2) is 0 Å². The number of nitrogens with one attached hydrogen (secondary N) is 1. The molecule has 1 heterocycles. The molecule has 1 atom stereocenters. The maximum absolute atomic E-state index is 12.6. The maximum Gasteiger partial charge on any atom is 0.251 e. The first-order valence-electron chi connectivity index (χ1n) is 10.7. The van der Waals surface area contributed by atoms with Crippen molar-refractivity contribution in [2.24, 2.45) is 0 Å². The smallest absolute Gasteiger partial charge is 0.251 e. The van der Waals surface area contributed by atoms with Crippen LogP contribution in [-0.4, -0.2) is 29.1 Å². The van der Waals surface area contributed by atoms with Gasteiger partial charge in [-0.15, -0.1) is 11.8 Å². The Morgan fingerprint density at radius 3 is 2.53 bits per heavy atom. The van der Waals surface area contributed by atoms with Gasteiger partial charge in [-0.1, -0.05) is 54.6 Å². The number of nitrogens with zero attached hydrogens (tertiary/aromatic N) is 1. The van der Waals surface area contributed by atoms with Crippen LogP contribution in [0.3, 0.4) is 0 Å². The Hall–Kier alpha value is -3.25. The van der Waals surface area contributed by atoms with Crippen molar-refractivity contribution in [3.8, 4) is 5.75 Å². The molecule has 0 aliphatic carbocycles. The van der Waals surface area contributed by atoms with Crippen molar-refractivity contribution in [1.82, 2.24) is 10.2 Å². The molecule has 0 aromatic heterocycles. The fourth-order valence-corrected chi connectivity index (χ4v) is 4.86. The summed E-state index contributed by atoms with van der Waals surface area (Å²) in [6.07, 6.45) is 0. The van der Waals surface area contributed by atoms with Gasteiger partial charge in [0.1, 0.15) is 11.1 Å². The average Bonchev–Trinajstić information content (AvgIpc) is 3.19. The number of carbonyl (C=O) groups is 2. The molecule has 164 valence electrons. The average molecular weight is 447 g/mol. The summed E-state index contributed by atoms with van der Waals surface area (Å²) < 4.78 is 5.51. The third-order valence-electron chi connectivity index (χ3n) is 5.28. The van der Waals surface area contributed by atoms with Crippen LogP contribution in [0.5, 0.6) is 5.75 Å². The summed E-state index contributed by atoms with van der Waals surface area (Å²) in [5, 5.41) is 2.92. The third-order valence-corrected chi connectivity index (χ3v) is 6.54. The van der Waals surface area contributed by atoms with Crippen molar-refractivity contribution in [1.29, 1.82) is 0 Å². The van der Waals surface area contributed by atoms with Crippen molar-refractivity contribution in [2.75, 3.05) is 12.4 Å². The molecule has 5 nitrogen and oxygen atoms in total. The highest BCUT2D eigenvalue weighted by atomic mass is 32.2. The van der Waals surface area contributed by atoms with E-state index in [0.717, 1.165) is 22.4 Å². The lowest BCUT2D eigenvalue weighted by Gasteiger charge is -2.24. The van der Waals surface area contributed by atoms with Gasteiger partial charge in [0.2, 0.25) is 5.91 Å². The van der Waals surface area contributed by atoms with E-state index in [1.807, 2.05) is 90.7 Å². The summed E-state index contributed by atoms with van der Waals surface area (Å²) in [6.45, 7) is 3.56. The fourth-order valence-electron chi connectivity index (χ4n) is 3.68. The van der Waals surface area contributed by atoms with Crippen LogP contribution in [0.1, 0.15) is 39.3 Å². The van der Waals surface area contributed by atoms with Crippen molar-refractivity contribution < 1.29 is 14.3 Å². The van der Waals surface area contributed by atoms with Gasteiger partial charge in [0.05, 0.1) is 12.4 Å². The fraction of sp³-hybridized carbons (Fsp3) is 0.231. The summed E-state index contributed by atoms with van der Waals surface area (Å²) in [5.74, 6) is 1.28. The predicted octanol–water partition coefficient (Wildman–Crippen LogP) is 4.79. The van der Waals surface area contributed by atoms with Crippen molar-refractivity contribution in [3.05, 3.63) is 101 Å². The third kappa shape index (κ3) is 5.32. The van der Waals surface area contributed by atoms with Crippen LogP contribution in [0.2, 0.25) is 0 Å². The highest BCUT2D eigenvalue weighted by molar-refractivity contribution is 8.00. The number of amides is 2. The van der Waals surface area contributed by atoms with Crippen LogP contribution in [0.25, 0.3) is 0 Å². The van der Waals surface area contributed by atoms with E-state index in [2.05, 4.69) is 5.32 Å². The molecule has 1 fully saturated rings. The summed E-state index contributed by atoms with van der Waals surface area (Å²) in [7, 11) is 0. The first-order chi connectivity index (χ1) is 15.6. The van der Waals surface area contributed by atoms with Crippen LogP contribution >= 0.6 is 11.8 Å². The Morgan fingerprint density at radius 1 is 1.03 bits per heavy atom. The Bertz CT molecular complexity index is 1070. The van der Waals surface area contributed by atoms with Crippen LogP contribution in [0.15, 0.2) is 78.9 Å². The van der Waals surface area contributed by atoms with E-state index in [0.29, 0.717) is 31.0 Å². The minimum absolute atomic E-state index is 0.0406. The van der Waals surface area contributed by atoms with Gasteiger partial charge in [0.25, 0.3) is 5.91 Å². The number of benzene rings is 3. The second kappa shape index (κ2) is 10.4. The largest absolute Gasteiger partial charge is 0.494 e. The normalized spacial score (nSPS) is 15.6. The molecule has 4 rings (SSSR count). The lowest BCUT2D eigenvalue weighted by atomic mass is 10.1. The molecule has 1 aliphatic rings. The number of thioether (sulfide) groups is 1. The van der Waals surface area contributed by atoms with Gasteiger partial charge in [-0.25, -0.2) is 0 Å². The molecule has 3 aromatic carbocycles. The number of hydrogen-bond donors (Lipinski definition) is 1. The summed E-state index contributed by atoms with van der Waals surface area (Å²) in [6, 6.07) is 25.3. The van der Waals surface area contributed by atoms with E-state index in [-0.39, 0.29) is 17.2 Å². The molecule has 0 saturated carbocycles. The SMILES string of the molecule is CCOc1cccc(CNC(=O)c2ccc(C3SCC(=O)N3Cc3ccccc3)cc2)c1. The first kappa shape index (κ1) is 22.0. The molecular weight excluding hydrogens is 420 g/mol. The second-order valence-electron chi connectivity index (χ2n) is 7.56. The molecule has 0 spiro atoms. The molecule has 32 heavy (non-hydrogen) atoms. The lowest BCUT2D eigenvalue weighted by Crippen LogP contribution is -2.27. The zero-order valence-electron chi connectivity index (χ0n) is 18.0. The lowest BCUT2D eigenvalue weighted by molar-refractivity contribution is -0.128. The van der Waals surface area contributed by atoms with Crippen LogP contribution in [0.4, 0.5) is 0 Å². The van der Waals surface area contributed by atoms with E-state index in [1.54, 1.807) is 11.8 Å². The van der Waals surface area contributed by atoms with Crippen molar-refractivity contribution in [3.63, 3.8) is 0 Å². The number of carbonyl (C=O) groups excluding carboxylic acids is 2. The molecule has 1 saturated heterocycles. The predicted molar refractivity (Wildman–Crippen MR) is 127 cm³/mol. The van der Waals surface area contributed by atoms with Crippen molar-refractivity contribution in [2.45, 2.75) is 25.4 Å². The van der Waals surface area contributed by atoms with Gasteiger partial charge in [-0.2, -0.15) is 0 Å². The van der Waals surface area contributed by atoms with Gasteiger partial charge >= 0.3 is 0 Å². The highest BCUT2D eigenvalue weighted by Gasteiger charge is 2.32. The van der Waals surface area contributed by atoms with E-state index in [1.165, 1.54) is 0 Å². The van der Waals surface area contributed by atoms with E-state index in [4.69, 9.17) is 4.74 Å². The standard InChI is InChI=1S/C26H26N2O3S/c1-2-31-23-10-6-9-20(15-23)16-27-25(30)21-11-13-22(14-12-21)26-28(24(29)18-32-26)17-19-7-4-3-5-8-19/h3-15,26H,2,16-18H2,1H3,(H,27,30). The van der Waals surface area contributed by atoms with Gasteiger partial charge in [-0.3, -0.25) is 9.59 Å². The number of rotatable bonds is 8. The van der Waals surface area contributed by atoms with E-state index >= 15 is 0 Å². The Balaban J connectivity index is 1.39. The topological polar surface area (TPSA) is 58.6 Å². The molecule has 2 amide bonds. The molecule has 1 N–H and O–H groups in total. The minimum Gasteiger partial charge on any atom is -0.494 e. The molecule has 1 aliphatic heterocycles.